The fraction of sp³-hybridized carbons (Fsp3) is 0.105. The van der Waals surface area contributed by atoms with Crippen LogP contribution in [0, 0.1) is 5.82 Å². The summed E-state index contributed by atoms with van der Waals surface area (Å²) in [6.45, 7) is 0. The molecule has 0 aliphatic carbocycles. The quantitative estimate of drug-likeness (QED) is 0.448. The number of amides is 1. The maximum absolute atomic E-state index is 13.1. The van der Waals surface area contributed by atoms with E-state index in [9.17, 15) is 9.18 Å². The topological polar surface area (TPSA) is 98.7 Å². The molecule has 4 aromatic rings. The van der Waals surface area contributed by atoms with E-state index in [-0.39, 0.29) is 23.4 Å². The molecule has 0 fully saturated rings. The summed E-state index contributed by atoms with van der Waals surface area (Å²) in [4.78, 5) is 16.4. The third-order valence-electron chi connectivity index (χ3n) is 4.01. The zero-order valence-electron chi connectivity index (χ0n) is 15.5. The van der Waals surface area contributed by atoms with Crippen LogP contribution in [0.2, 0.25) is 5.02 Å². The summed E-state index contributed by atoms with van der Waals surface area (Å²) in [7, 11) is 1.73. The molecule has 30 heavy (non-hydrogen) atoms. The number of halogens is 2. The summed E-state index contributed by atoms with van der Waals surface area (Å²) < 4.78 is 20.0. The minimum Gasteiger partial charge on any atom is -0.330 e. The average molecular weight is 445 g/mol. The van der Waals surface area contributed by atoms with Crippen LogP contribution in [0.5, 0.6) is 0 Å². The number of hydrogen-bond donors (Lipinski definition) is 1. The van der Waals surface area contributed by atoms with Gasteiger partial charge < -0.3 is 14.4 Å². The van der Waals surface area contributed by atoms with Crippen molar-refractivity contribution in [2.24, 2.45) is 7.05 Å². The van der Waals surface area contributed by atoms with Crippen LogP contribution in [0.25, 0.3) is 23.1 Å². The second-order valence-electron chi connectivity index (χ2n) is 6.14. The largest absolute Gasteiger partial charge is 0.330 e. The first-order valence-electron chi connectivity index (χ1n) is 8.67. The number of anilines is 1. The molecule has 1 amide bonds. The van der Waals surface area contributed by atoms with E-state index in [2.05, 4.69) is 25.7 Å². The molecule has 0 aliphatic heterocycles. The molecule has 2 heterocycles. The molecule has 0 atom stereocenters. The Bertz CT molecular complexity index is 1180. The lowest BCUT2D eigenvalue weighted by Gasteiger charge is -2.05. The van der Waals surface area contributed by atoms with Crippen LogP contribution in [0.1, 0.15) is 0 Å². The Balaban J connectivity index is 1.42. The van der Waals surface area contributed by atoms with Gasteiger partial charge in [0, 0.05) is 23.3 Å². The first-order valence-corrected chi connectivity index (χ1v) is 10.0. The van der Waals surface area contributed by atoms with Gasteiger partial charge >= 0.3 is 0 Å². The van der Waals surface area contributed by atoms with Crippen molar-refractivity contribution in [3.8, 4) is 23.1 Å². The van der Waals surface area contributed by atoms with Gasteiger partial charge in [0.1, 0.15) is 5.82 Å². The molecule has 2 aromatic heterocycles. The van der Waals surface area contributed by atoms with Gasteiger partial charge in [0.15, 0.2) is 5.16 Å². The minimum absolute atomic E-state index is 0.138. The molecule has 0 unspecified atom stereocenters. The summed E-state index contributed by atoms with van der Waals surface area (Å²) in [5, 5.41) is 15.9. The summed E-state index contributed by atoms with van der Waals surface area (Å²) in [6, 6.07) is 12.6. The third kappa shape index (κ3) is 4.50. The Hall–Kier alpha value is -3.24. The lowest BCUT2D eigenvalue weighted by atomic mass is 10.2. The number of carbonyl (C=O) groups is 1. The van der Waals surface area contributed by atoms with Crippen molar-refractivity contribution in [2.75, 3.05) is 11.1 Å². The normalized spacial score (nSPS) is 10.9. The van der Waals surface area contributed by atoms with Crippen molar-refractivity contribution >= 4 is 35.0 Å². The number of aromatic nitrogens is 5. The van der Waals surface area contributed by atoms with Gasteiger partial charge in [0.05, 0.1) is 5.75 Å². The van der Waals surface area contributed by atoms with Crippen LogP contribution in [0.15, 0.2) is 58.2 Å². The third-order valence-corrected chi connectivity index (χ3v) is 5.29. The van der Waals surface area contributed by atoms with Gasteiger partial charge in [-0.05, 0) is 48.5 Å². The molecular formula is C19H14ClFN6O2S. The number of nitrogens with one attached hydrogen (secondary N) is 1. The predicted octanol–water partition coefficient (Wildman–Crippen LogP) is 4.06. The van der Waals surface area contributed by atoms with Crippen molar-refractivity contribution in [1.82, 2.24) is 24.9 Å². The average Bonchev–Trinajstić information content (AvgIpc) is 3.35. The van der Waals surface area contributed by atoms with Crippen LogP contribution >= 0.6 is 23.4 Å². The Labute approximate surface area is 179 Å². The van der Waals surface area contributed by atoms with E-state index >= 15 is 0 Å². The van der Waals surface area contributed by atoms with Crippen molar-refractivity contribution in [2.45, 2.75) is 5.16 Å². The van der Waals surface area contributed by atoms with Gasteiger partial charge in [-0.15, -0.1) is 10.2 Å². The molecule has 0 radical (unpaired) electrons. The van der Waals surface area contributed by atoms with Crippen molar-refractivity contribution in [3.05, 3.63) is 59.4 Å². The Kier molecular flexibility index (Phi) is 5.77. The fourth-order valence-corrected chi connectivity index (χ4v) is 3.35. The Morgan fingerprint density at radius 2 is 1.90 bits per heavy atom. The van der Waals surface area contributed by atoms with E-state index < -0.39 is 0 Å². The summed E-state index contributed by atoms with van der Waals surface area (Å²) in [5.41, 5.74) is 1.27. The van der Waals surface area contributed by atoms with E-state index in [1.165, 1.54) is 23.9 Å². The number of carbonyl (C=O) groups excluding carboxylic acids is 1. The zero-order valence-corrected chi connectivity index (χ0v) is 17.1. The molecule has 4 rings (SSSR count). The first kappa shape index (κ1) is 20.0. The van der Waals surface area contributed by atoms with E-state index in [1.54, 1.807) is 48.0 Å². The highest BCUT2D eigenvalue weighted by molar-refractivity contribution is 7.99. The number of rotatable bonds is 6. The molecular weight excluding hydrogens is 431 g/mol. The SMILES string of the molecule is Cn1c(SCC(=O)Nc2ccc(Cl)cc2)nnc1-c1nc(-c2ccc(F)cc2)no1. The van der Waals surface area contributed by atoms with Crippen LogP contribution in [0.3, 0.4) is 0 Å². The summed E-state index contributed by atoms with van der Waals surface area (Å²) in [5.74, 6) is 0.433. The fourth-order valence-electron chi connectivity index (χ4n) is 2.52. The highest BCUT2D eigenvalue weighted by Gasteiger charge is 2.19. The standard InChI is InChI=1S/C19H14ClFN6O2S/c1-27-17(18-23-16(26-29-18)11-2-6-13(21)7-3-11)24-25-19(27)30-10-15(28)22-14-8-4-12(20)5-9-14/h2-9H,10H2,1H3,(H,22,28). The van der Waals surface area contributed by atoms with Gasteiger partial charge in [-0.3, -0.25) is 4.79 Å². The molecule has 1 N–H and O–H groups in total. The van der Waals surface area contributed by atoms with Gasteiger partial charge in [-0.2, -0.15) is 4.98 Å². The van der Waals surface area contributed by atoms with Crippen LogP contribution < -0.4 is 5.32 Å². The maximum Gasteiger partial charge on any atom is 0.296 e. The van der Waals surface area contributed by atoms with Crippen molar-refractivity contribution in [3.63, 3.8) is 0 Å². The molecule has 152 valence electrons. The Morgan fingerprint density at radius 3 is 2.63 bits per heavy atom. The van der Waals surface area contributed by atoms with Gasteiger partial charge in [0.25, 0.3) is 5.89 Å². The molecule has 0 bridgehead atoms. The molecule has 0 aliphatic rings. The second kappa shape index (κ2) is 8.64. The van der Waals surface area contributed by atoms with Crippen LogP contribution in [-0.2, 0) is 11.8 Å². The number of thioether (sulfide) groups is 1. The smallest absolute Gasteiger partial charge is 0.296 e. The van der Waals surface area contributed by atoms with Gasteiger partial charge in [0.2, 0.25) is 17.6 Å². The second-order valence-corrected chi connectivity index (χ2v) is 7.52. The van der Waals surface area contributed by atoms with Gasteiger partial charge in [-0.1, -0.05) is 28.5 Å². The molecule has 0 saturated carbocycles. The van der Waals surface area contributed by atoms with E-state index in [0.717, 1.165) is 0 Å². The maximum atomic E-state index is 13.1. The molecule has 11 heteroatoms. The number of benzene rings is 2. The van der Waals surface area contributed by atoms with Crippen molar-refractivity contribution in [1.29, 1.82) is 0 Å². The highest BCUT2D eigenvalue weighted by atomic mass is 35.5. The minimum atomic E-state index is -0.350. The van der Waals surface area contributed by atoms with Crippen LogP contribution in [-0.4, -0.2) is 36.6 Å². The van der Waals surface area contributed by atoms with E-state index in [1.807, 2.05) is 0 Å². The lowest BCUT2D eigenvalue weighted by Crippen LogP contribution is -2.14. The number of hydrogen-bond acceptors (Lipinski definition) is 7. The first-order chi connectivity index (χ1) is 14.5. The predicted molar refractivity (Wildman–Crippen MR) is 110 cm³/mol. The van der Waals surface area contributed by atoms with Crippen molar-refractivity contribution < 1.29 is 13.7 Å². The Morgan fingerprint density at radius 1 is 1.17 bits per heavy atom. The molecule has 2 aromatic carbocycles. The van der Waals surface area contributed by atoms with Gasteiger partial charge in [-0.25, -0.2) is 4.39 Å². The summed E-state index contributed by atoms with van der Waals surface area (Å²) in [6.07, 6.45) is 0. The number of nitrogens with zero attached hydrogens (tertiary/aromatic N) is 5. The van der Waals surface area contributed by atoms with E-state index in [4.69, 9.17) is 16.1 Å². The van der Waals surface area contributed by atoms with E-state index in [0.29, 0.717) is 33.1 Å². The monoisotopic (exact) mass is 444 g/mol. The molecule has 8 nitrogen and oxygen atoms in total. The molecule has 0 saturated heterocycles. The molecule has 0 spiro atoms. The lowest BCUT2D eigenvalue weighted by molar-refractivity contribution is -0.113. The zero-order chi connectivity index (χ0) is 21.1. The summed E-state index contributed by atoms with van der Waals surface area (Å²) >= 11 is 7.05. The van der Waals surface area contributed by atoms with Crippen LogP contribution in [0.4, 0.5) is 10.1 Å². The highest BCUT2D eigenvalue weighted by Crippen LogP contribution is 2.24.